The number of benzene rings is 1. The molecule has 4 rings (SSSR count). The Morgan fingerprint density at radius 3 is 2.93 bits per heavy atom. The second-order valence-electron chi connectivity index (χ2n) is 6.82. The van der Waals surface area contributed by atoms with Crippen LogP contribution in [0.25, 0.3) is 11.3 Å². The molecule has 1 fully saturated rings. The van der Waals surface area contributed by atoms with Crippen LogP contribution in [0.15, 0.2) is 54.9 Å². The monoisotopic (exact) mass is 418 g/mol. The van der Waals surface area contributed by atoms with Crippen molar-refractivity contribution in [3.63, 3.8) is 0 Å². The second-order valence-corrected chi connectivity index (χ2v) is 7.26. The third-order valence-electron chi connectivity index (χ3n) is 4.64. The van der Waals surface area contributed by atoms with Crippen LogP contribution >= 0.6 is 11.6 Å². The van der Waals surface area contributed by atoms with E-state index in [4.69, 9.17) is 16.3 Å². The Morgan fingerprint density at radius 1 is 1.31 bits per heavy atom. The van der Waals surface area contributed by atoms with Crippen LogP contribution in [-0.2, 0) is 0 Å². The number of hydrogen-bond donors (Lipinski definition) is 1. The number of carbonyl (C=O) groups excluding carboxylic acids is 1. The van der Waals surface area contributed by atoms with Gasteiger partial charge in [-0.1, -0.05) is 23.7 Å². The molecular formula is C20H17ClF2N4O2. The van der Waals surface area contributed by atoms with Crippen molar-refractivity contribution in [3.8, 4) is 17.0 Å². The molecule has 0 saturated carbocycles. The molecule has 0 spiro atoms. The average molecular weight is 419 g/mol. The summed E-state index contributed by atoms with van der Waals surface area (Å²) >= 11 is 5.99. The fraction of sp³-hybridized carbons (Fsp3) is 0.250. The Morgan fingerprint density at radius 2 is 2.17 bits per heavy atom. The molecule has 1 N–H and O–H groups in total. The summed E-state index contributed by atoms with van der Waals surface area (Å²) < 4.78 is 33.7. The predicted molar refractivity (Wildman–Crippen MR) is 103 cm³/mol. The lowest BCUT2D eigenvalue weighted by atomic mass is 10.1. The molecule has 0 radical (unpaired) electrons. The molecule has 0 unspecified atom stereocenters. The van der Waals surface area contributed by atoms with E-state index in [1.54, 1.807) is 42.6 Å². The number of aromatic nitrogens is 3. The summed E-state index contributed by atoms with van der Waals surface area (Å²) in [6, 6.07) is 11.1. The van der Waals surface area contributed by atoms with E-state index >= 15 is 0 Å². The molecule has 3 aromatic rings. The lowest BCUT2D eigenvalue weighted by Crippen LogP contribution is -2.39. The van der Waals surface area contributed by atoms with E-state index in [1.165, 1.54) is 12.3 Å². The number of pyridine rings is 1. The van der Waals surface area contributed by atoms with E-state index in [-0.39, 0.29) is 12.3 Å². The summed E-state index contributed by atoms with van der Waals surface area (Å²) in [5.74, 6) is -3.07. The van der Waals surface area contributed by atoms with Gasteiger partial charge in [-0.15, -0.1) is 0 Å². The van der Waals surface area contributed by atoms with E-state index in [9.17, 15) is 13.6 Å². The minimum absolute atomic E-state index is 0.0533. The molecule has 1 saturated heterocycles. The maximum absolute atomic E-state index is 14.1. The number of aromatic amines is 1. The first-order valence-corrected chi connectivity index (χ1v) is 9.32. The highest BCUT2D eigenvalue weighted by atomic mass is 35.5. The second kappa shape index (κ2) is 7.79. The molecule has 9 heteroatoms. The molecule has 6 nitrogen and oxygen atoms in total. The van der Waals surface area contributed by atoms with Gasteiger partial charge in [0.1, 0.15) is 18.1 Å². The van der Waals surface area contributed by atoms with Crippen molar-refractivity contribution in [1.82, 2.24) is 20.1 Å². The van der Waals surface area contributed by atoms with Crippen molar-refractivity contribution in [1.29, 1.82) is 0 Å². The van der Waals surface area contributed by atoms with Crippen molar-refractivity contribution in [2.75, 3.05) is 13.2 Å². The largest absolute Gasteiger partial charge is 0.490 e. The van der Waals surface area contributed by atoms with Crippen molar-refractivity contribution >= 4 is 17.5 Å². The summed E-state index contributed by atoms with van der Waals surface area (Å²) in [6.07, 6.45) is 2.61. The first-order valence-electron chi connectivity index (χ1n) is 8.94. The van der Waals surface area contributed by atoms with E-state index in [0.717, 1.165) is 10.5 Å². The summed E-state index contributed by atoms with van der Waals surface area (Å²) in [5, 5.41) is 7.29. The molecule has 1 aliphatic rings. The number of likely N-dealkylation sites (tertiary alicyclic amines) is 1. The molecule has 150 valence electrons. The molecule has 29 heavy (non-hydrogen) atoms. The standard InChI is InChI=1S/C20H17ClF2N4O2/c21-14-4-1-3-13(7-14)17-8-18(26-25-17)19(28)27-12-20(22,23)9-15(27)11-29-16-5-2-6-24-10-16/h1-8,10,15H,9,11-12H2,(H,25,26)/t15-/m0/s1. The molecule has 2 aromatic heterocycles. The Balaban J connectivity index is 1.51. The number of amides is 1. The topological polar surface area (TPSA) is 71.1 Å². The van der Waals surface area contributed by atoms with Gasteiger partial charge < -0.3 is 9.64 Å². The van der Waals surface area contributed by atoms with Crippen molar-refractivity contribution in [2.45, 2.75) is 18.4 Å². The number of hydrogen-bond acceptors (Lipinski definition) is 4. The average Bonchev–Trinajstić information content (AvgIpc) is 3.31. The van der Waals surface area contributed by atoms with Crippen LogP contribution in [-0.4, -0.2) is 51.1 Å². The van der Waals surface area contributed by atoms with E-state index < -0.39 is 30.8 Å². The number of rotatable bonds is 5. The van der Waals surface area contributed by atoms with Gasteiger partial charge in [0.2, 0.25) is 0 Å². The Labute approximate surface area is 170 Å². The van der Waals surface area contributed by atoms with Crippen LogP contribution in [0.2, 0.25) is 5.02 Å². The van der Waals surface area contributed by atoms with Crippen LogP contribution in [0.5, 0.6) is 5.75 Å². The summed E-state index contributed by atoms with van der Waals surface area (Å²) in [4.78, 5) is 17.9. The molecular weight excluding hydrogens is 402 g/mol. The molecule has 3 heterocycles. The third-order valence-corrected chi connectivity index (χ3v) is 4.88. The van der Waals surface area contributed by atoms with Gasteiger partial charge in [0, 0.05) is 23.2 Å². The lowest BCUT2D eigenvalue weighted by molar-refractivity contribution is 0.0115. The van der Waals surface area contributed by atoms with Gasteiger partial charge in [-0.3, -0.25) is 14.9 Å². The number of alkyl halides is 2. The molecule has 1 aliphatic heterocycles. The minimum atomic E-state index is -2.98. The quantitative estimate of drug-likeness (QED) is 0.678. The highest BCUT2D eigenvalue weighted by molar-refractivity contribution is 6.30. The zero-order valence-electron chi connectivity index (χ0n) is 15.2. The number of H-pyrrole nitrogens is 1. The van der Waals surface area contributed by atoms with E-state index in [2.05, 4.69) is 15.2 Å². The molecule has 1 amide bonds. The van der Waals surface area contributed by atoms with Crippen LogP contribution in [0, 0.1) is 0 Å². The maximum Gasteiger partial charge on any atom is 0.272 e. The minimum Gasteiger partial charge on any atom is -0.490 e. The highest BCUT2D eigenvalue weighted by Gasteiger charge is 2.47. The van der Waals surface area contributed by atoms with E-state index in [0.29, 0.717) is 16.5 Å². The SMILES string of the molecule is O=C(c1cc(-c2cccc(Cl)c2)n[nH]1)N1CC(F)(F)C[C@H]1COc1cccnc1. The van der Waals surface area contributed by atoms with Crippen molar-refractivity contribution < 1.29 is 18.3 Å². The van der Waals surface area contributed by atoms with Gasteiger partial charge in [-0.2, -0.15) is 5.10 Å². The van der Waals surface area contributed by atoms with Crippen LogP contribution in [0.3, 0.4) is 0 Å². The van der Waals surface area contributed by atoms with Crippen LogP contribution in [0.1, 0.15) is 16.9 Å². The third kappa shape index (κ3) is 4.37. The normalized spacial score (nSPS) is 18.0. The first-order chi connectivity index (χ1) is 13.9. The fourth-order valence-electron chi connectivity index (χ4n) is 3.29. The molecule has 1 atom stereocenters. The number of nitrogens with one attached hydrogen (secondary N) is 1. The van der Waals surface area contributed by atoms with Gasteiger partial charge >= 0.3 is 0 Å². The molecule has 0 aliphatic carbocycles. The number of ether oxygens (including phenoxy) is 1. The van der Waals surface area contributed by atoms with Gasteiger partial charge in [0.25, 0.3) is 11.8 Å². The van der Waals surface area contributed by atoms with Crippen LogP contribution in [0.4, 0.5) is 8.78 Å². The zero-order valence-corrected chi connectivity index (χ0v) is 15.9. The number of nitrogens with zero attached hydrogens (tertiary/aromatic N) is 3. The van der Waals surface area contributed by atoms with Gasteiger partial charge in [-0.05, 0) is 30.3 Å². The van der Waals surface area contributed by atoms with Crippen molar-refractivity contribution in [3.05, 3.63) is 65.6 Å². The van der Waals surface area contributed by atoms with Gasteiger partial charge in [-0.25, -0.2) is 8.78 Å². The maximum atomic E-state index is 14.1. The predicted octanol–water partition coefficient (Wildman–Crippen LogP) is 4.05. The van der Waals surface area contributed by atoms with Crippen LogP contribution < -0.4 is 4.74 Å². The molecule has 0 bridgehead atoms. The number of carbonyl (C=O) groups is 1. The van der Waals surface area contributed by atoms with E-state index in [1.807, 2.05) is 0 Å². The molecule has 1 aromatic carbocycles. The van der Waals surface area contributed by atoms with Gasteiger partial charge in [0.05, 0.1) is 24.5 Å². The zero-order chi connectivity index (χ0) is 20.4. The summed E-state index contributed by atoms with van der Waals surface area (Å²) in [5.41, 5.74) is 1.35. The Kier molecular flexibility index (Phi) is 5.19. The first kappa shape index (κ1) is 19.3. The Hall–Kier alpha value is -3.00. The lowest BCUT2D eigenvalue weighted by Gasteiger charge is -2.23. The smallest absolute Gasteiger partial charge is 0.272 e. The Bertz CT molecular complexity index is 1010. The summed E-state index contributed by atoms with van der Waals surface area (Å²) in [7, 11) is 0. The highest BCUT2D eigenvalue weighted by Crippen LogP contribution is 2.33. The summed E-state index contributed by atoms with van der Waals surface area (Å²) in [6.45, 7) is -0.721. The number of halogens is 3. The fourth-order valence-corrected chi connectivity index (χ4v) is 3.48. The van der Waals surface area contributed by atoms with Crippen molar-refractivity contribution in [2.24, 2.45) is 0 Å². The van der Waals surface area contributed by atoms with Gasteiger partial charge in [0.15, 0.2) is 0 Å².